The maximum atomic E-state index is 3.80. The average molecular weight is 423 g/mol. The van der Waals surface area contributed by atoms with E-state index >= 15 is 0 Å². The minimum atomic E-state index is 0.518. The van der Waals surface area contributed by atoms with Crippen molar-refractivity contribution in [2.75, 3.05) is 6.54 Å². The molecule has 0 aliphatic heterocycles. The molecule has 1 aromatic heterocycles. The first-order valence-corrected chi connectivity index (χ1v) is 10.2. The smallest absolute Gasteiger partial charge is 0.0758 e. The number of hydrogen-bond donors (Lipinski definition) is 1. The molecule has 1 fully saturated rings. The Morgan fingerprint density at radius 1 is 1.25 bits per heavy atom. The van der Waals surface area contributed by atoms with Gasteiger partial charge in [-0.15, -0.1) is 11.3 Å². The van der Waals surface area contributed by atoms with Crippen LogP contribution in [0.1, 0.15) is 64.0 Å². The normalized spacial score (nSPS) is 24.8. The Balaban J connectivity index is 2.09. The Labute approximate surface area is 144 Å². The van der Waals surface area contributed by atoms with Gasteiger partial charge in [-0.3, -0.25) is 0 Å². The first kappa shape index (κ1) is 17.0. The highest BCUT2D eigenvalue weighted by Gasteiger charge is 2.29. The highest BCUT2D eigenvalue weighted by atomic mass is 79.9. The predicted octanol–water partition coefficient (Wildman–Crippen LogP) is 6.53. The molecule has 0 radical (unpaired) electrons. The molecule has 2 rings (SSSR count). The Hall–Kier alpha value is 0.620. The van der Waals surface area contributed by atoms with Crippen molar-refractivity contribution in [3.8, 4) is 0 Å². The second kappa shape index (κ2) is 8.30. The molecule has 1 unspecified atom stereocenters. The second-order valence-corrected chi connectivity index (χ2v) is 9.65. The minimum absolute atomic E-state index is 0.518. The van der Waals surface area contributed by atoms with E-state index in [1.807, 2.05) is 0 Å². The van der Waals surface area contributed by atoms with Crippen molar-refractivity contribution in [3.05, 3.63) is 19.2 Å². The van der Waals surface area contributed by atoms with Crippen LogP contribution >= 0.6 is 43.2 Å². The maximum Gasteiger partial charge on any atom is 0.0758 e. The summed E-state index contributed by atoms with van der Waals surface area (Å²) < 4.78 is 2.51. The Morgan fingerprint density at radius 2 is 1.95 bits per heavy atom. The van der Waals surface area contributed by atoms with Gasteiger partial charge in [-0.1, -0.05) is 33.1 Å². The van der Waals surface area contributed by atoms with Crippen LogP contribution in [-0.4, -0.2) is 6.54 Å². The van der Waals surface area contributed by atoms with E-state index in [-0.39, 0.29) is 0 Å². The topological polar surface area (TPSA) is 12.0 Å². The fraction of sp³-hybridized carbons (Fsp3) is 0.750. The number of nitrogens with one attached hydrogen (secondary N) is 1. The Kier molecular flexibility index (Phi) is 7.05. The number of thiophene rings is 1. The molecule has 0 spiro atoms. The van der Waals surface area contributed by atoms with Crippen molar-refractivity contribution >= 4 is 43.2 Å². The SMILES string of the molecule is CCCNC(c1cc(Br)sc1Br)C1CCC(CC)CC1. The van der Waals surface area contributed by atoms with Crippen LogP contribution in [0, 0.1) is 11.8 Å². The van der Waals surface area contributed by atoms with Gasteiger partial charge >= 0.3 is 0 Å². The molecular weight excluding hydrogens is 398 g/mol. The largest absolute Gasteiger partial charge is 0.310 e. The Bertz CT molecular complexity index is 411. The highest BCUT2D eigenvalue weighted by Crippen LogP contribution is 2.43. The lowest BCUT2D eigenvalue weighted by Gasteiger charge is -2.34. The Morgan fingerprint density at radius 3 is 2.45 bits per heavy atom. The molecule has 1 saturated carbocycles. The molecule has 1 nitrogen and oxygen atoms in total. The van der Waals surface area contributed by atoms with Crippen LogP contribution in [0.15, 0.2) is 13.6 Å². The zero-order valence-electron chi connectivity index (χ0n) is 12.4. The van der Waals surface area contributed by atoms with Crippen molar-refractivity contribution in [2.24, 2.45) is 11.8 Å². The van der Waals surface area contributed by atoms with Crippen molar-refractivity contribution < 1.29 is 0 Å². The molecule has 0 aromatic carbocycles. The summed E-state index contributed by atoms with van der Waals surface area (Å²) in [7, 11) is 0. The zero-order valence-corrected chi connectivity index (χ0v) is 16.4. The highest BCUT2D eigenvalue weighted by molar-refractivity contribution is 9.12. The average Bonchev–Trinajstić information content (AvgIpc) is 2.79. The lowest BCUT2D eigenvalue weighted by Crippen LogP contribution is -2.31. The minimum Gasteiger partial charge on any atom is -0.310 e. The molecule has 4 heteroatoms. The molecule has 1 atom stereocenters. The van der Waals surface area contributed by atoms with Crippen molar-refractivity contribution in [2.45, 2.75) is 58.4 Å². The van der Waals surface area contributed by atoms with Crippen LogP contribution in [0.4, 0.5) is 0 Å². The summed E-state index contributed by atoms with van der Waals surface area (Å²) >= 11 is 9.17. The van der Waals surface area contributed by atoms with Crippen molar-refractivity contribution in [1.29, 1.82) is 0 Å². The van der Waals surface area contributed by atoms with Gasteiger partial charge in [0.25, 0.3) is 0 Å². The van der Waals surface area contributed by atoms with E-state index in [1.165, 1.54) is 51.7 Å². The van der Waals surface area contributed by atoms with E-state index in [4.69, 9.17) is 0 Å². The van der Waals surface area contributed by atoms with Gasteiger partial charge in [-0.25, -0.2) is 0 Å². The summed E-state index contributed by atoms with van der Waals surface area (Å²) in [6.07, 6.45) is 8.12. The van der Waals surface area contributed by atoms with Crippen molar-refractivity contribution in [3.63, 3.8) is 0 Å². The van der Waals surface area contributed by atoms with Gasteiger partial charge in [0.05, 0.1) is 7.57 Å². The van der Waals surface area contributed by atoms with Gasteiger partial charge in [-0.2, -0.15) is 0 Å². The zero-order chi connectivity index (χ0) is 14.5. The molecule has 1 aromatic rings. The second-order valence-electron chi connectivity index (χ2n) is 5.90. The third kappa shape index (κ3) is 4.31. The van der Waals surface area contributed by atoms with Gasteiger partial charge in [0, 0.05) is 6.04 Å². The van der Waals surface area contributed by atoms with Gasteiger partial charge in [0.15, 0.2) is 0 Å². The molecule has 0 saturated heterocycles. The number of rotatable bonds is 6. The summed E-state index contributed by atoms with van der Waals surface area (Å²) in [5, 5.41) is 3.80. The third-order valence-corrected chi connectivity index (χ3v) is 6.96. The van der Waals surface area contributed by atoms with Crippen LogP contribution in [0.5, 0.6) is 0 Å². The molecule has 0 bridgehead atoms. The van der Waals surface area contributed by atoms with Gasteiger partial charge < -0.3 is 5.32 Å². The van der Waals surface area contributed by atoms with Crippen LogP contribution in [0.2, 0.25) is 0 Å². The fourth-order valence-corrected chi connectivity index (χ4v) is 6.25. The van der Waals surface area contributed by atoms with Crippen LogP contribution in [0.25, 0.3) is 0 Å². The van der Waals surface area contributed by atoms with E-state index in [0.717, 1.165) is 18.4 Å². The van der Waals surface area contributed by atoms with E-state index in [9.17, 15) is 0 Å². The van der Waals surface area contributed by atoms with Crippen molar-refractivity contribution in [1.82, 2.24) is 5.32 Å². The molecule has 114 valence electrons. The molecule has 1 N–H and O–H groups in total. The standard InChI is InChI=1S/C16H25Br2NS/c1-3-9-19-15(13-10-14(17)20-16(13)18)12-7-5-11(4-2)6-8-12/h10-12,15,19H,3-9H2,1-2H3. The van der Waals surface area contributed by atoms with Crippen LogP contribution < -0.4 is 5.32 Å². The molecule has 1 aliphatic carbocycles. The fourth-order valence-electron chi connectivity index (χ4n) is 3.33. The molecule has 1 aliphatic rings. The number of halogens is 2. The van der Waals surface area contributed by atoms with E-state index in [0.29, 0.717) is 6.04 Å². The lowest BCUT2D eigenvalue weighted by molar-refractivity contribution is 0.218. The van der Waals surface area contributed by atoms with Crippen LogP contribution in [0.3, 0.4) is 0 Å². The number of hydrogen-bond acceptors (Lipinski definition) is 2. The van der Waals surface area contributed by atoms with Gasteiger partial charge in [-0.05, 0) is 81.1 Å². The van der Waals surface area contributed by atoms with Gasteiger partial charge in [0.1, 0.15) is 0 Å². The monoisotopic (exact) mass is 421 g/mol. The summed E-state index contributed by atoms with van der Waals surface area (Å²) in [5.74, 6) is 1.76. The molecule has 0 amide bonds. The first-order valence-electron chi connectivity index (χ1n) is 7.83. The lowest BCUT2D eigenvalue weighted by atomic mass is 9.76. The predicted molar refractivity (Wildman–Crippen MR) is 96.5 cm³/mol. The summed E-state index contributed by atoms with van der Waals surface area (Å²) in [4.78, 5) is 0. The third-order valence-electron chi connectivity index (χ3n) is 4.57. The van der Waals surface area contributed by atoms with Gasteiger partial charge in [0.2, 0.25) is 0 Å². The molecule has 20 heavy (non-hydrogen) atoms. The van der Waals surface area contributed by atoms with E-state index < -0.39 is 0 Å². The van der Waals surface area contributed by atoms with Crippen LogP contribution in [-0.2, 0) is 0 Å². The summed E-state index contributed by atoms with van der Waals surface area (Å²) in [6, 6.07) is 2.82. The molecule has 1 heterocycles. The summed E-state index contributed by atoms with van der Waals surface area (Å²) in [5.41, 5.74) is 1.45. The van der Waals surface area contributed by atoms with E-state index in [2.05, 4.69) is 57.1 Å². The quantitative estimate of drug-likeness (QED) is 0.549. The molecular formula is C16H25Br2NS. The van der Waals surface area contributed by atoms with E-state index in [1.54, 1.807) is 11.3 Å². The first-order chi connectivity index (χ1) is 9.65. The summed E-state index contributed by atoms with van der Waals surface area (Å²) in [6.45, 7) is 5.69. The maximum absolute atomic E-state index is 3.80.